The lowest BCUT2D eigenvalue weighted by atomic mass is 10.0. The van der Waals surface area contributed by atoms with Gasteiger partial charge in [-0.15, -0.1) is 5.10 Å². The number of amides is 1. The molecular weight excluding hydrogens is 414 g/mol. The molecule has 170 valence electrons. The third kappa shape index (κ3) is 5.26. The summed E-state index contributed by atoms with van der Waals surface area (Å²) < 4.78 is 0. The second-order valence-corrected chi connectivity index (χ2v) is 8.42. The normalized spacial score (nSPS) is 16.6. The molecule has 1 N–H and O–H groups in total. The van der Waals surface area contributed by atoms with E-state index in [1.807, 2.05) is 56.4 Å². The van der Waals surface area contributed by atoms with Gasteiger partial charge in [0, 0.05) is 36.5 Å². The molecule has 2 heterocycles. The molecule has 0 aliphatic carbocycles. The van der Waals surface area contributed by atoms with Gasteiger partial charge in [0.05, 0.1) is 11.7 Å². The molecule has 0 spiro atoms. The lowest BCUT2D eigenvalue weighted by Crippen LogP contribution is -2.46. The van der Waals surface area contributed by atoms with Crippen LogP contribution in [-0.2, 0) is 4.79 Å². The zero-order valence-corrected chi connectivity index (χ0v) is 19.0. The van der Waals surface area contributed by atoms with E-state index < -0.39 is 0 Å². The van der Waals surface area contributed by atoms with E-state index in [1.54, 1.807) is 30.5 Å². The molecule has 7 heteroatoms. The fourth-order valence-corrected chi connectivity index (χ4v) is 4.24. The molecular formula is C26H29N5O2. The first-order valence-corrected chi connectivity index (χ1v) is 11.3. The summed E-state index contributed by atoms with van der Waals surface area (Å²) in [5.74, 6) is 0.617. The van der Waals surface area contributed by atoms with Gasteiger partial charge in [-0.1, -0.05) is 42.5 Å². The topological polar surface area (TPSA) is 78.4 Å². The molecule has 2 atom stereocenters. The fraction of sp³-hybridized carbons (Fsp3) is 0.308. The minimum atomic E-state index is -0.366. The summed E-state index contributed by atoms with van der Waals surface area (Å²) in [7, 11) is 1.96. The van der Waals surface area contributed by atoms with Gasteiger partial charge in [-0.3, -0.25) is 14.5 Å². The molecule has 1 aromatic heterocycles. The van der Waals surface area contributed by atoms with E-state index in [4.69, 9.17) is 0 Å². The Morgan fingerprint density at radius 3 is 2.61 bits per heavy atom. The van der Waals surface area contributed by atoms with Crippen LogP contribution >= 0.6 is 0 Å². The van der Waals surface area contributed by atoms with Gasteiger partial charge in [-0.05, 0) is 51.1 Å². The number of para-hydroxylation sites is 1. The van der Waals surface area contributed by atoms with E-state index >= 15 is 0 Å². The molecule has 2 unspecified atom stereocenters. The molecule has 1 saturated heterocycles. The SMILES string of the molecule is CC(C(=O)Nc1ccccc1C(=O)c1ccccc1)N(C)CC1CCCN1c1cccnn1. The Bertz CT molecular complexity index is 1090. The van der Waals surface area contributed by atoms with Gasteiger partial charge in [-0.25, -0.2) is 0 Å². The van der Waals surface area contributed by atoms with Gasteiger partial charge in [0.1, 0.15) is 0 Å². The Kier molecular flexibility index (Phi) is 7.10. The average Bonchev–Trinajstić information content (AvgIpc) is 3.32. The summed E-state index contributed by atoms with van der Waals surface area (Å²) in [6, 6.07) is 20.0. The largest absolute Gasteiger partial charge is 0.351 e. The van der Waals surface area contributed by atoms with Crippen molar-refractivity contribution in [3.8, 4) is 0 Å². The molecule has 0 bridgehead atoms. The zero-order valence-electron chi connectivity index (χ0n) is 19.0. The number of ketones is 1. The second kappa shape index (κ2) is 10.4. The molecule has 7 nitrogen and oxygen atoms in total. The quantitative estimate of drug-likeness (QED) is 0.536. The molecule has 3 aromatic rings. The van der Waals surface area contributed by atoms with Crippen molar-refractivity contribution in [3.05, 3.63) is 84.1 Å². The molecule has 1 aliphatic heterocycles. The highest BCUT2D eigenvalue weighted by Crippen LogP contribution is 2.24. The molecule has 4 rings (SSSR count). The number of likely N-dealkylation sites (N-methyl/N-ethyl adjacent to an activating group) is 1. The lowest BCUT2D eigenvalue weighted by molar-refractivity contribution is -0.120. The summed E-state index contributed by atoms with van der Waals surface area (Å²) in [6.45, 7) is 3.56. The van der Waals surface area contributed by atoms with Crippen LogP contribution in [0, 0.1) is 0 Å². The zero-order chi connectivity index (χ0) is 23.2. The van der Waals surface area contributed by atoms with E-state index in [9.17, 15) is 9.59 Å². The summed E-state index contributed by atoms with van der Waals surface area (Å²) in [6.07, 6.45) is 3.81. The summed E-state index contributed by atoms with van der Waals surface area (Å²) >= 11 is 0. The second-order valence-electron chi connectivity index (χ2n) is 8.42. The minimum absolute atomic E-state index is 0.113. The minimum Gasteiger partial charge on any atom is -0.351 e. The van der Waals surface area contributed by atoms with Gasteiger partial charge in [0.25, 0.3) is 0 Å². The van der Waals surface area contributed by atoms with Crippen LogP contribution in [0.4, 0.5) is 11.5 Å². The number of anilines is 2. The highest BCUT2D eigenvalue weighted by molar-refractivity contribution is 6.14. The van der Waals surface area contributed by atoms with E-state index in [1.165, 1.54) is 0 Å². The number of rotatable bonds is 8. The van der Waals surface area contributed by atoms with Gasteiger partial charge >= 0.3 is 0 Å². The first kappa shape index (κ1) is 22.6. The van der Waals surface area contributed by atoms with Crippen molar-refractivity contribution in [2.45, 2.75) is 31.8 Å². The van der Waals surface area contributed by atoms with Crippen molar-refractivity contribution in [2.24, 2.45) is 0 Å². The molecule has 1 aliphatic rings. The first-order chi connectivity index (χ1) is 16.0. The highest BCUT2D eigenvalue weighted by Gasteiger charge is 2.29. The molecule has 1 fully saturated rings. The van der Waals surface area contributed by atoms with Crippen molar-refractivity contribution in [3.63, 3.8) is 0 Å². The van der Waals surface area contributed by atoms with E-state index in [0.717, 1.165) is 31.7 Å². The van der Waals surface area contributed by atoms with Gasteiger partial charge in [-0.2, -0.15) is 5.10 Å². The van der Waals surface area contributed by atoms with E-state index in [-0.39, 0.29) is 23.8 Å². The first-order valence-electron chi connectivity index (χ1n) is 11.3. The lowest BCUT2D eigenvalue weighted by Gasteiger charge is -2.31. The van der Waals surface area contributed by atoms with Gasteiger partial charge in [0.15, 0.2) is 11.6 Å². The Balaban J connectivity index is 1.42. The Morgan fingerprint density at radius 1 is 1.09 bits per heavy atom. The third-order valence-electron chi connectivity index (χ3n) is 6.23. The van der Waals surface area contributed by atoms with E-state index in [2.05, 4.69) is 25.3 Å². The number of nitrogens with zero attached hydrogens (tertiary/aromatic N) is 4. The van der Waals surface area contributed by atoms with Crippen LogP contribution in [0.15, 0.2) is 72.9 Å². The molecule has 2 aromatic carbocycles. The van der Waals surface area contributed by atoms with E-state index in [0.29, 0.717) is 16.8 Å². The van der Waals surface area contributed by atoms with Crippen LogP contribution in [-0.4, -0.2) is 59.0 Å². The third-order valence-corrected chi connectivity index (χ3v) is 6.23. The average molecular weight is 444 g/mol. The standard InChI is InChI=1S/C26H29N5O2/c1-19(30(2)18-21-12-9-17-31(21)24-15-8-16-27-29-24)26(33)28-23-14-7-6-13-22(23)25(32)20-10-4-3-5-11-20/h3-8,10-11,13-16,19,21H,9,12,17-18H2,1-2H3,(H,28,33). The summed E-state index contributed by atoms with van der Waals surface area (Å²) in [4.78, 5) is 30.4. The van der Waals surface area contributed by atoms with Gasteiger partial charge < -0.3 is 10.2 Å². The van der Waals surface area contributed by atoms with Crippen molar-refractivity contribution < 1.29 is 9.59 Å². The van der Waals surface area contributed by atoms with Crippen LogP contribution < -0.4 is 10.2 Å². The highest BCUT2D eigenvalue weighted by atomic mass is 16.2. The van der Waals surface area contributed by atoms with Crippen LogP contribution in [0.2, 0.25) is 0 Å². The van der Waals surface area contributed by atoms with Crippen LogP contribution in [0.25, 0.3) is 0 Å². The summed E-state index contributed by atoms with van der Waals surface area (Å²) in [5, 5.41) is 11.2. The molecule has 0 radical (unpaired) electrons. The Morgan fingerprint density at radius 2 is 1.85 bits per heavy atom. The maximum absolute atomic E-state index is 13.1. The van der Waals surface area contributed by atoms with Crippen LogP contribution in [0.3, 0.4) is 0 Å². The number of benzene rings is 2. The Labute approximate surface area is 194 Å². The smallest absolute Gasteiger partial charge is 0.241 e. The molecule has 0 saturated carbocycles. The maximum Gasteiger partial charge on any atom is 0.241 e. The maximum atomic E-state index is 13.1. The monoisotopic (exact) mass is 443 g/mol. The number of nitrogens with one attached hydrogen (secondary N) is 1. The number of hydrogen-bond acceptors (Lipinski definition) is 6. The number of carbonyl (C=O) groups excluding carboxylic acids is 2. The predicted octanol–water partition coefficient (Wildman–Crippen LogP) is 3.64. The number of hydrogen-bond donors (Lipinski definition) is 1. The van der Waals surface area contributed by atoms with Crippen molar-refractivity contribution in [1.82, 2.24) is 15.1 Å². The fourth-order valence-electron chi connectivity index (χ4n) is 4.24. The number of carbonyl (C=O) groups is 2. The van der Waals surface area contributed by atoms with Crippen molar-refractivity contribution in [2.75, 3.05) is 30.4 Å². The van der Waals surface area contributed by atoms with Crippen molar-refractivity contribution in [1.29, 1.82) is 0 Å². The molecule has 1 amide bonds. The van der Waals surface area contributed by atoms with Gasteiger partial charge in [0.2, 0.25) is 5.91 Å². The predicted molar refractivity (Wildman–Crippen MR) is 129 cm³/mol. The summed E-state index contributed by atoms with van der Waals surface area (Å²) in [5.41, 5.74) is 1.60. The number of aromatic nitrogens is 2. The molecule has 33 heavy (non-hydrogen) atoms. The van der Waals surface area contributed by atoms with Crippen molar-refractivity contribution >= 4 is 23.2 Å². The Hall–Kier alpha value is -3.58. The van der Waals surface area contributed by atoms with Crippen LogP contribution in [0.5, 0.6) is 0 Å². The van der Waals surface area contributed by atoms with Crippen LogP contribution in [0.1, 0.15) is 35.7 Å².